The summed E-state index contributed by atoms with van der Waals surface area (Å²) in [5, 5.41) is 0. The van der Waals surface area contributed by atoms with Gasteiger partial charge in [-0.05, 0) is 0 Å². The molecule has 0 aromatic rings. The van der Waals surface area contributed by atoms with Crippen LogP contribution in [0.5, 0.6) is 0 Å². The van der Waals surface area contributed by atoms with Crippen LogP contribution in [0.25, 0.3) is 0 Å². The van der Waals surface area contributed by atoms with Gasteiger partial charge in [-0.3, -0.25) is 0 Å². The number of ether oxygens (including phenoxy) is 2. The lowest BCUT2D eigenvalue weighted by molar-refractivity contribution is -0.161. The van der Waals surface area contributed by atoms with Crippen molar-refractivity contribution in [3.05, 3.63) is 0 Å². The molecular weight excluding hydrogens is 116 g/mol. The predicted molar refractivity (Wildman–Crippen MR) is 37.3 cm³/mol. The fourth-order valence-corrected chi connectivity index (χ4v) is 0.803. The quantitative estimate of drug-likeness (QED) is 0.532. The molecule has 0 aliphatic carbocycles. The molecule has 0 heterocycles. The summed E-state index contributed by atoms with van der Waals surface area (Å²) in [7, 11) is 3.30. The van der Waals surface area contributed by atoms with Gasteiger partial charge in [0, 0.05) is 19.6 Å². The van der Waals surface area contributed by atoms with Crippen LogP contribution in [0.4, 0.5) is 0 Å². The fraction of sp³-hybridized carbons (Fsp3) is 1.00. The van der Waals surface area contributed by atoms with Crippen molar-refractivity contribution >= 4 is 0 Å². The summed E-state index contributed by atoms with van der Waals surface area (Å²) in [6, 6.07) is 0. The van der Waals surface area contributed by atoms with Crippen LogP contribution >= 0.6 is 0 Å². The Morgan fingerprint density at radius 2 is 1.33 bits per heavy atom. The largest absolute Gasteiger partial charge is 0.355 e. The van der Waals surface area contributed by atoms with Crippen molar-refractivity contribution in [3.63, 3.8) is 0 Å². The van der Waals surface area contributed by atoms with Crippen LogP contribution in [-0.4, -0.2) is 20.5 Å². The maximum atomic E-state index is 5.04. The lowest BCUT2D eigenvalue weighted by Crippen LogP contribution is -2.29. The summed E-state index contributed by atoms with van der Waals surface area (Å²) < 4.78 is 10.1. The maximum Gasteiger partial charge on any atom is 0.161 e. The maximum absolute atomic E-state index is 5.04. The molecule has 0 unspecified atom stereocenters. The normalized spacial score (nSPS) is 12.7. The van der Waals surface area contributed by atoms with E-state index in [0.717, 1.165) is 0 Å². The van der Waals surface area contributed by atoms with Crippen molar-refractivity contribution in [1.29, 1.82) is 0 Å². The highest BCUT2D eigenvalue weighted by molar-refractivity contribution is 4.64. The van der Waals surface area contributed by atoms with E-state index < -0.39 is 0 Å². The number of hydrogen-bond donors (Lipinski definition) is 0. The molecule has 0 aliphatic rings. The molecule has 0 aliphatic heterocycles. The van der Waals surface area contributed by atoms with Gasteiger partial charge in [-0.2, -0.15) is 0 Å². The monoisotopic (exact) mass is 132 g/mol. The zero-order chi connectivity index (χ0) is 7.49. The molecule has 0 aromatic heterocycles. The second-order valence-electron chi connectivity index (χ2n) is 3.17. The molecule has 0 radical (unpaired) electrons. The number of rotatable bonds is 2. The van der Waals surface area contributed by atoms with E-state index in [0.29, 0.717) is 0 Å². The van der Waals surface area contributed by atoms with E-state index in [-0.39, 0.29) is 11.7 Å². The van der Waals surface area contributed by atoms with Gasteiger partial charge < -0.3 is 9.47 Å². The van der Waals surface area contributed by atoms with E-state index in [1.54, 1.807) is 14.2 Å². The first kappa shape index (κ1) is 8.92. The highest BCUT2D eigenvalue weighted by atomic mass is 16.7. The molecule has 0 spiro atoms. The molecule has 9 heavy (non-hydrogen) atoms. The Balaban J connectivity index is 3.79. The Kier molecular flexibility index (Phi) is 3.15. The molecule has 0 aromatic carbocycles. The van der Waals surface area contributed by atoms with Crippen LogP contribution in [-0.2, 0) is 9.47 Å². The van der Waals surface area contributed by atoms with Crippen molar-refractivity contribution < 1.29 is 9.47 Å². The molecule has 0 saturated carbocycles. The second-order valence-corrected chi connectivity index (χ2v) is 3.17. The minimum atomic E-state index is -0.0995. The van der Waals surface area contributed by atoms with E-state index in [4.69, 9.17) is 9.47 Å². The van der Waals surface area contributed by atoms with Gasteiger partial charge >= 0.3 is 0 Å². The average molecular weight is 132 g/mol. The van der Waals surface area contributed by atoms with Gasteiger partial charge in [0.05, 0.1) is 0 Å². The Morgan fingerprint density at radius 3 is 1.33 bits per heavy atom. The van der Waals surface area contributed by atoms with Crippen molar-refractivity contribution in [2.24, 2.45) is 5.41 Å². The van der Waals surface area contributed by atoms with Crippen molar-refractivity contribution in [2.75, 3.05) is 14.2 Å². The molecule has 0 rings (SSSR count). The van der Waals surface area contributed by atoms with Crippen molar-refractivity contribution in [3.8, 4) is 0 Å². The molecule has 0 amide bonds. The van der Waals surface area contributed by atoms with Gasteiger partial charge in [0.15, 0.2) is 6.29 Å². The van der Waals surface area contributed by atoms with E-state index in [1.807, 2.05) is 0 Å². The molecular formula is C7H16O2. The lowest BCUT2D eigenvalue weighted by atomic mass is 9.96. The minimum Gasteiger partial charge on any atom is -0.355 e. The van der Waals surface area contributed by atoms with Crippen molar-refractivity contribution in [1.82, 2.24) is 0 Å². The first-order valence-corrected chi connectivity index (χ1v) is 3.08. The third-order valence-electron chi connectivity index (χ3n) is 1.14. The number of hydrogen-bond acceptors (Lipinski definition) is 2. The summed E-state index contributed by atoms with van der Waals surface area (Å²) >= 11 is 0. The van der Waals surface area contributed by atoms with Crippen molar-refractivity contribution in [2.45, 2.75) is 27.1 Å². The summed E-state index contributed by atoms with van der Waals surface area (Å²) in [4.78, 5) is 0. The highest BCUT2D eigenvalue weighted by Crippen LogP contribution is 2.21. The second kappa shape index (κ2) is 3.18. The molecule has 0 saturated heterocycles. The number of methoxy groups -OCH3 is 2. The van der Waals surface area contributed by atoms with Gasteiger partial charge in [0.2, 0.25) is 0 Å². The zero-order valence-electron chi connectivity index (χ0n) is 6.89. The summed E-state index contributed by atoms with van der Waals surface area (Å²) in [5.74, 6) is 0. The first-order valence-electron chi connectivity index (χ1n) is 3.08. The molecule has 2 nitrogen and oxygen atoms in total. The van der Waals surface area contributed by atoms with Gasteiger partial charge in [0.1, 0.15) is 0 Å². The van der Waals surface area contributed by atoms with Crippen LogP contribution in [0.15, 0.2) is 0 Å². The summed E-state index contributed by atoms with van der Waals surface area (Å²) in [5.41, 5.74) is 0.0729. The van der Waals surface area contributed by atoms with Crippen LogP contribution in [0.1, 0.15) is 20.8 Å². The SMILES string of the molecule is COC(OC)C(C)(C)C. The van der Waals surface area contributed by atoms with Gasteiger partial charge in [0.25, 0.3) is 0 Å². The van der Waals surface area contributed by atoms with E-state index >= 15 is 0 Å². The Labute approximate surface area is 57.2 Å². The Hall–Kier alpha value is -0.0800. The lowest BCUT2D eigenvalue weighted by Gasteiger charge is -2.27. The van der Waals surface area contributed by atoms with Crippen LogP contribution in [0.2, 0.25) is 0 Å². The third kappa shape index (κ3) is 2.82. The molecule has 0 atom stereocenters. The minimum absolute atomic E-state index is 0.0729. The smallest absolute Gasteiger partial charge is 0.161 e. The average Bonchev–Trinajstić information content (AvgIpc) is 1.65. The molecule has 2 heteroatoms. The predicted octanol–water partition coefficient (Wildman–Crippen LogP) is 1.65. The van der Waals surface area contributed by atoms with Crippen LogP contribution in [0.3, 0.4) is 0 Å². The Morgan fingerprint density at radius 1 is 1.00 bits per heavy atom. The third-order valence-corrected chi connectivity index (χ3v) is 1.14. The first-order chi connectivity index (χ1) is 4.02. The van der Waals surface area contributed by atoms with E-state index in [1.165, 1.54) is 0 Å². The fourth-order valence-electron chi connectivity index (χ4n) is 0.803. The van der Waals surface area contributed by atoms with E-state index in [9.17, 15) is 0 Å². The van der Waals surface area contributed by atoms with Crippen LogP contribution < -0.4 is 0 Å². The molecule has 0 bridgehead atoms. The zero-order valence-corrected chi connectivity index (χ0v) is 6.89. The van der Waals surface area contributed by atoms with Gasteiger partial charge in [-0.15, -0.1) is 0 Å². The standard InChI is InChI=1S/C7H16O2/c1-7(2,3)6(8-4)9-5/h6H,1-5H3. The van der Waals surface area contributed by atoms with E-state index in [2.05, 4.69) is 20.8 Å². The van der Waals surface area contributed by atoms with Gasteiger partial charge in [-0.1, -0.05) is 20.8 Å². The summed E-state index contributed by atoms with van der Waals surface area (Å²) in [6.07, 6.45) is -0.0995. The molecule has 0 N–H and O–H groups in total. The molecule has 56 valence electrons. The van der Waals surface area contributed by atoms with Crippen LogP contribution in [0, 0.1) is 5.41 Å². The Bertz CT molecular complexity index is 69.5. The topological polar surface area (TPSA) is 18.5 Å². The molecule has 0 fully saturated rings. The summed E-state index contributed by atoms with van der Waals surface area (Å²) in [6.45, 7) is 6.22. The van der Waals surface area contributed by atoms with Gasteiger partial charge in [-0.25, -0.2) is 0 Å². The highest BCUT2D eigenvalue weighted by Gasteiger charge is 2.23.